The lowest BCUT2D eigenvalue weighted by Gasteiger charge is -2.18. The Morgan fingerprint density at radius 2 is 1.54 bits per heavy atom. The predicted octanol–water partition coefficient (Wildman–Crippen LogP) is 3.92. The Kier molecular flexibility index (Phi) is 6.67. The van der Waals surface area contributed by atoms with E-state index in [1.807, 2.05) is 49.4 Å². The first-order chi connectivity index (χ1) is 11.6. The summed E-state index contributed by atoms with van der Waals surface area (Å²) in [7, 11) is 0. The average molecular weight is 327 g/mol. The van der Waals surface area contributed by atoms with Crippen LogP contribution in [0.1, 0.15) is 31.1 Å². The van der Waals surface area contributed by atoms with Crippen molar-refractivity contribution in [3.8, 4) is 11.5 Å². The molecule has 4 nitrogen and oxygen atoms in total. The molecule has 1 atom stereocenters. The maximum absolute atomic E-state index is 12.4. The summed E-state index contributed by atoms with van der Waals surface area (Å²) < 4.78 is 11.3. The second-order valence-corrected chi connectivity index (χ2v) is 6.01. The molecule has 0 fully saturated rings. The molecule has 4 heteroatoms. The molecule has 0 aliphatic carbocycles. The fraction of sp³-hybridized carbons (Fsp3) is 0.350. The molecule has 0 saturated heterocycles. The molecule has 24 heavy (non-hydrogen) atoms. The molecular weight excluding hydrogens is 302 g/mol. The number of amides is 1. The number of benzene rings is 2. The van der Waals surface area contributed by atoms with Gasteiger partial charge < -0.3 is 14.8 Å². The van der Waals surface area contributed by atoms with Crippen molar-refractivity contribution in [2.24, 2.45) is 5.92 Å². The molecule has 2 aromatic rings. The highest BCUT2D eigenvalue weighted by molar-refractivity contribution is 5.97. The molecule has 128 valence electrons. The van der Waals surface area contributed by atoms with E-state index in [0.29, 0.717) is 30.4 Å². The van der Waals surface area contributed by atoms with Gasteiger partial charge in [0.1, 0.15) is 24.7 Å². The lowest BCUT2D eigenvalue weighted by atomic mass is 10.1. The van der Waals surface area contributed by atoms with E-state index in [1.165, 1.54) is 0 Å². The van der Waals surface area contributed by atoms with Gasteiger partial charge in [0.25, 0.3) is 5.91 Å². The fourth-order valence-corrected chi connectivity index (χ4v) is 2.06. The maximum Gasteiger partial charge on any atom is 0.255 e. The molecule has 0 heterocycles. The van der Waals surface area contributed by atoms with Gasteiger partial charge in [0, 0.05) is 6.04 Å². The molecule has 1 unspecified atom stereocenters. The smallest absolute Gasteiger partial charge is 0.255 e. The summed E-state index contributed by atoms with van der Waals surface area (Å²) in [5, 5.41) is 3.00. The van der Waals surface area contributed by atoms with Crippen molar-refractivity contribution >= 4 is 5.91 Å². The Morgan fingerprint density at radius 3 is 2.25 bits per heavy atom. The third-order valence-electron chi connectivity index (χ3n) is 3.84. The van der Waals surface area contributed by atoms with E-state index >= 15 is 0 Å². The van der Waals surface area contributed by atoms with E-state index in [4.69, 9.17) is 9.47 Å². The molecule has 1 N–H and O–H groups in total. The van der Waals surface area contributed by atoms with E-state index in [0.717, 1.165) is 5.75 Å². The minimum absolute atomic E-state index is 0.104. The number of carbonyl (C=O) groups is 1. The van der Waals surface area contributed by atoms with Gasteiger partial charge in [-0.15, -0.1) is 0 Å². The summed E-state index contributed by atoms with van der Waals surface area (Å²) in [5.74, 6) is 1.64. The van der Waals surface area contributed by atoms with Crippen LogP contribution in [0.4, 0.5) is 0 Å². The van der Waals surface area contributed by atoms with Crippen molar-refractivity contribution in [2.45, 2.75) is 26.8 Å². The topological polar surface area (TPSA) is 47.6 Å². The average Bonchev–Trinajstić information content (AvgIpc) is 2.59. The van der Waals surface area contributed by atoms with Crippen molar-refractivity contribution in [2.75, 3.05) is 13.2 Å². The van der Waals surface area contributed by atoms with Gasteiger partial charge in [-0.1, -0.05) is 44.2 Å². The number of ether oxygens (including phenoxy) is 2. The van der Waals surface area contributed by atoms with Crippen LogP contribution in [0.5, 0.6) is 11.5 Å². The fourth-order valence-electron chi connectivity index (χ4n) is 2.06. The molecular formula is C20H25NO3. The Labute approximate surface area is 143 Å². The summed E-state index contributed by atoms with van der Waals surface area (Å²) in [6.45, 7) is 6.95. The number of hydrogen-bond acceptors (Lipinski definition) is 3. The summed E-state index contributed by atoms with van der Waals surface area (Å²) in [5.41, 5.74) is 0.546. The zero-order valence-corrected chi connectivity index (χ0v) is 14.5. The van der Waals surface area contributed by atoms with Gasteiger partial charge >= 0.3 is 0 Å². The third kappa shape index (κ3) is 5.30. The van der Waals surface area contributed by atoms with Crippen LogP contribution >= 0.6 is 0 Å². The quantitative estimate of drug-likeness (QED) is 0.748. The highest BCUT2D eigenvalue weighted by Gasteiger charge is 2.16. The molecule has 0 saturated carbocycles. The van der Waals surface area contributed by atoms with Gasteiger partial charge in [-0.25, -0.2) is 0 Å². The summed E-state index contributed by atoms with van der Waals surface area (Å²) >= 11 is 0. The lowest BCUT2D eigenvalue weighted by Crippen LogP contribution is -2.36. The highest BCUT2D eigenvalue weighted by atomic mass is 16.5. The van der Waals surface area contributed by atoms with Crippen molar-refractivity contribution in [1.29, 1.82) is 0 Å². The van der Waals surface area contributed by atoms with Gasteiger partial charge in [0.2, 0.25) is 0 Å². The Morgan fingerprint density at radius 1 is 0.917 bits per heavy atom. The largest absolute Gasteiger partial charge is 0.490 e. The van der Waals surface area contributed by atoms with Crippen molar-refractivity contribution in [1.82, 2.24) is 5.32 Å². The van der Waals surface area contributed by atoms with Gasteiger partial charge in [-0.3, -0.25) is 4.79 Å². The minimum Gasteiger partial charge on any atom is -0.490 e. The molecule has 0 aromatic heterocycles. The van der Waals surface area contributed by atoms with Crippen LogP contribution in [0.15, 0.2) is 54.6 Å². The zero-order valence-electron chi connectivity index (χ0n) is 14.5. The normalized spacial score (nSPS) is 11.8. The van der Waals surface area contributed by atoms with E-state index in [-0.39, 0.29) is 11.9 Å². The Balaban J connectivity index is 1.90. The number of rotatable bonds is 8. The molecule has 2 aromatic carbocycles. The van der Waals surface area contributed by atoms with Crippen LogP contribution in [0.25, 0.3) is 0 Å². The first kappa shape index (κ1) is 17.9. The summed E-state index contributed by atoms with van der Waals surface area (Å²) in [4.78, 5) is 12.4. The van der Waals surface area contributed by atoms with Crippen LogP contribution in [0, 0.1) is 5.92 Å². The molecule has 0 radical (unpaired) electrons. The SMILES string of the molecule is CC(C)C(C)NC(=O)c1ccccc1OCCOc1ccccc1. The first-order valence-electron chi connectivity index (χ1n) is 8.28. The number of carbonyl (C=O) groups excluding carboxylic acids is 1. The van der Waals surface area contributed by atoms with Crippen LogP contribution in [0.3, 0.4) is 0 Å². The Bertz CT molecular complexity index is 640. The molecule has 0 aliphatic heterocycles. The Hall–Kier alpha value is -2.49. The predicted molar refractivity (Wildman–Crippen MR) is 95.6 cm³/mol. The first-order valence-corrected chi connectivity index (χ1v) is 8.28. The van der Waals surface area contributed by atoms with Crippen LogP contribution in [0.2, 0.25) is 0 Å². The van der Waals surface area contributed by atoms with Crippen LogP contribution in [-0.2, 0) is 0 Å². The summed E-state index contributed by atoms with van der Waals surface area (Å²) in [6, 6.07) is 17.0. The van der Waals surface area contributed by atoms with E-state index in [2.05, 4.69) is 19.2 Å². The van der Waals surface area contributed by atoms with Crippen molar-refractivity contribution < 1.29 is 14.3 Å². The van der Waals surface area contributed by atoms with Crippen LogP contribution < -0.4 is 14.8 Å². The minimum atomic E-state index is -0.115. The van der Waals surface area contributed by atoms with Gasteiger partial charge in [0.15, 0.2) is 0 Å². The van der Waals surface area contributed by atoms with Gasteiger partial charge in [-0.05, 0) is 37.1 Å². The molecule has 0 spiro atoms. The highest BCUT2D eigenvalue weighted by Crippen LogP contribution is 2.18. The molecule has 0 bridgehead atoms. The van der Waals surface area contributed by atoms with E-state index < -0.39 is 0 Å². The summed E-state index contributed by atoms with van der Waals surface area (Å²) in [6.07, 6.45) is 0. The molecule has 1 amide bonds. The molecule has 2 rings (SSSR count). The number of nitrogens with one attached hydrogen (secondary N) is 1. The van der Waals surface area contributed by atoms with E-state index in [1.54, 1.807) is 12.1 Å². The van der Waals surface area contributed by atoms with E-state index in [9.17, 15) is 4.79 Å². The standard InChI is InChI=1S/C20H25NO3/c1-15(2)16(3)21-20(22)18-11-7-8-12-19(18)24-14-13-23-17-9-5-4-6-10-17/h4-12,15-16H,13-14H2,1-3H3,(H,21,22). The second-order valence-electron chi connectivity index (χ2n) is 6.01. The van der Waals surface area contributed by atoms with Crippen molar-refractivity contribution in [3.63, 3.8) is 0 Å². The molecule has 0 aliphatic rings. The zero-order chi connectivity index (χ0) is 17.4. The number of para-hydroxylation sites is 2. The number of hydrogen-bond donors (Lipinski definition) is 1. The van der Waals surface area contributed by atoms with Crippen LogP contribution in [-0.4, -0.2) is 25.2 Å². The van der Waals surface area contributed by atoms with Gasteiger partial charge in [-0.2, -0.15) is 0 Å². The monoisotopic (exact) mass is 327 g/mol. The lowest BCUT2D eigenvalue weighted by molar-refractivity contribution is 0.0925. The third-order valence-corrected chi connectivity index (χ3v) is 3.84. The van der Waals surface area contributed by atoms with Crippen molar-refractivity contribution in [3.05, 3.63) is 60.2 Å². The maximum atomic E-state index is 12.4. The second kappa shape index (κ2) is 8.96. The van der Waals surface area contributed by atoms with Gasteiger partial charge in [0.05, 0.1) is 5.56 Å².